The number of esters is 1. The molecule has 2 rings (SSSR count). The van der Waals surface area contributed by atoms with Gasteiger partial charge in [0, 0.05) is 11.5 Å². The molecule has 6 heteroatoms. The largest absolute Gasteiger partial charge is 0.464 e. The van der Waals surface area contributed by atoms with E-state index in [1.165, 1.54) is 5.56 Å². The predicted octanol–water partition coefficient (Wildman–Crippen LogP) is 3.95. The molecule has 1 N–H and O–H groups in total. The van der Waals surface area contributed by atoms with Gasteiger partial charge in [0.2, 0.25) is 0 Å². The van der Waals surface area contributed by atoms with E-state index in [0.717, 1.165) is 17.1 Å². The molecule has 1 aliphatic rings. The summed E-state index contributed by atoms with van der Waals surface area (Å²) in [4.78, 5) is 28.3. The Balaban J connectivity index is 2.19. The molecule has 1 aromatic rings. The van der Waals surface area contributed by atoms with E-state index in [2.05, 4.69) is 31.1 Å². The Kier molecular flexibility index (Phi) is 7.05. The molecule has 2 unspecified atom stereocenters. The molecule has 2 atom stereocenters. The van der Waals surface area contributed by atoms with Gasteiger partial charge in [0.05, 0.1) is 6.04 Å². The summed E-state index contributed by atoms with van der Waals surface area (Å²) in [6.07, 6.45) is 0. The molecule has 0 radical (unpaired) electrons. The van der Waals surface area contributed by atoms with Crippen molar-refractivity contribution < 1.29 is 14.3 Å². The number of nitrogens with one attached hydrogen (secondary N) is 1. The van der Waals surface area contributed by atoms with Crippen molar-refractivity contribution in [3.63, 3.8) is 0 Å². The van der Waals surface area contributed by atoms with E-state index in [-0.39, 0.29) is 5.97 Å². The summed E-state index contributed by atoms with van der Waals surface area (Å²) in [6, 6.07) is 7.14. The van der Waals surface area contributed by atoms with E-state index in [0.29, 0.717) is 18.2 Å². The first-order valence-corrected chi connectivity index (χ1v) is 9.79. The smallest absolute Gasteiger partial charge is 0.341 e. The van der Waals surface area contributed by atoms with Crippen molar-refractivity contribution in [3.8, 4) is 0 Å². The van der Waals surface area contributed by atoms with Crippen LogP contribution in [0.1, 0.15) is 50.8 Å². The molecule has 0 saturated heterocycles. The topological polar surface area (TPSA) is 67.8 Å². The number of benzene rings is 1. The summed E-state index contributed by atoms with van der Waals surface area (Å²) in [6.45, 7) is 8.40. The van der Waals surface area contributed by atoms with Crippen LogP contribution in [0.5, 0.6) is 0 Å². The number of ether oxygens (including phenoxy) is 1. The molecular formula is C19H26N2O3S. The molecule has 25 heavy (non-hydrogen) atoms. The second kappa shape index (κ2) is 9.04. The molecule has 1 aromatic carbocycles. The zero-order valence-electron chi connectivity index (χ0n) is 15.2. The third kappa shape index (κ3) is 5.08. The van der Waals surface area contributed by atoms with E-state index >= 15 is 0 Å². The van der Waals surface area contributed by atoms with Crippen LogP contribution < -0.4 is 5.32 Å². The molecule has 0 spiro atoms. The SMILES string of the molecule is CCSCCOC(=O)C1C(C)=NC(=O)NC1c1ccc(C(C)C)cc1. The molecule has 0 aromatic heterocycles. The maximum atomic E-state index is 12.6. The molecule has 0 aliphatic carbocycles. The first-order valence-electron chi connectivity index (χ1n) is 8.64. The Morgan fingerprint density at radius 1 is 1.32 bits per heavy atom. The fourth-order valence-corrected chi connectivity index (χ4v) is 3.32. The zero-order valence-corrected chi connectivity index (χ0v) is 16.1. The lowest BCUT2D eigenvalue weighted by atomic mass is 9.87. The Labute approximate surface area is 153 Å². The summed E-state index contributed by atoms with van der Waals surface area (Å²) < 4.78 is 5.41. The Morgan fingerprint density at radius 3 is 2.60 bits per heavy atom. The number of hydrogen-bond acceptors (Lipinski definition) is 4. The maximum absolute atomic E-state index is 12.6. The second-order valence-corrected chi connectivity index (χ2v) is 7.74. The Morgan fingerprint density at radius 2 is 2.00 bits per heavy atom. The Bertz CT molecular complexity index is 641. The van der Waals surface area contributed by atoms with Crippen LogP contribution in [0.4, 0.5) is 4.79 Å². The highest BCUT2D eigenvalue weighted by atomic mass is 32.2. The minimum Gasteiger partial charge on any atom is -0.464 e. The average Bonchev–Trinajstić information content (AvgIpc) is 2.58. The van der Waals surface area contributed by atoms with Crippen molar-refractivity contribution in [2.45, 2.75) is 39.7 Å². The highest BCUT2D eigenvalue weighted by Gasteiger charge is 2.37. The van der Waals surface area contributed by atoms with E-state index in [1.54, 1.807) is 18.7 Å². The van der Waals surface area contributed by atoms with Crippen molar-refractivity contribution in [1.29, 1.82) is 0 Å². The lowest BCUT2D eigenvalue weighted by Crippen LogP contribution is -2.44. The van der Waals surface area contributed by atoms with Gasteiger partial charge in [-0.1, -0.05) is 45.0 Å². The standard InChI is InChI=1S/C19H26N2O3S/c1-5-25-11-10-24-18(22)16-13(4)20-19(23)21-17(16)15-8-6-14(7-9-15)12(2)3/h6-9,12,16-17H,5,10-11H2,1-4H3,(H,21,23). The summed E-state index contributed by atoms with van der Waals surface area (Å²) >= 11 is 1.72. The molecule has 0 bridgehead atoms. The van der Waals surface area contributed by atoms with Crippen molar-refractivity contribution in [2.24, 2.45) is 10.9 Å². The third-order valence-corrected chi connectivity index (χ3v) is 5.10. The number of amides is 2. The van der Waals surface area contributed by atoms with Crippen LogP contribution >= 0.6 is 11.8 Å². The van der Waals surface area contributed by atoms with Gasteiger partial charge in [-0.3, -0.25) is 4.79 Å². The number of hydrogen-bond donors (Lipinski definition) is 1. The molecule has 2 amide bonds. The monoisotopic (exact) mass is 362 g/mol. The van der Waals surface area contributed by atoms with Gasteiger partial charge in [-0.15, -0.1) is 0 Å². The van der Waals surface area contributed by atoms with Crippen LogP contribution in [-0.2, 0) is 9.53 Å². The van der Waals surface area contributed by atoms with E-state index in [1.807, 2.05) is 24.3 Å². The van der Waals surface area contributed by atoms with Gasteiger partial charge >= 0.3 is 12.0 Å². The maximum Gasteiger partial charge on any atom is 0.341 e. The average molecular weight is 362 g/mol. The number of rotatable bonds is 7. The van der Waals surface area contributed by atoms with Gasteiger partial charge < -0.3 is 10.1 Å². The molecule has 0 saturated carbocycles. The number of aliphatic imine (C=N–C) groups is 1. The molecule has 5 nitrogen and oxygen atoms in total. The number of urea groups is 1. The van der Waals surface area contributed by atoms with Gasteiger partial charge in [0.25, 0.3) is 0 Å². The molecular weight excluding hydrogens is 336 g/mol. The number of nitrogens with zero attached hydrogens (tertiary/aromatic N) is 1. The zero-order chi connectivity index (χ0) is 18.4. The van der Waals surface area contributed by atoms with Crippen molar-refractivity contribution >= 4 is 29.5 Å². The van der Waals surface area contributed by atoms with E-state index < -0.39 is 18.0 Å². The summed E-state index contributed by atoms with van der Waals surface area (Å²) in [5, 5.41) is 2.81. The molecule has 1 aliphatic heterocycles. The quantitative estimate of drug-likeness (QED) is 0.589. The van der Waals surface area contributed by atoms with Crippen LogP contribution in [-0.4, -0.2) is 35.8 Å². The third-order valence-electron chi connectivity index (χ3n) is 4.23. The highest BCUT2D eigenvalue weighted by Crippen LogP contribution is 2.29. The minimum atomic E-state index is -0.589. The highest BCUT2D eigenvalue weighted by molar-refractivity contribution is 7.99. The van der Waals surface area contributed by atoms with Crippen LogP contribution in [0.25, 0.3) is 0 Å². The molecule has 136 valence electrons. The molecule has 1 heterocycles. The lowest BCUT2D eigenvalue weighted by Gasteiger charge is -2.30. The Hall–Kier alpha value is -1.82. The van der Waals surface area contributed by atoms with Gasteiger partial charge in [0.15, 0.2) is 0 Å². The fraction of sp³-hybridized carbons (Fsp3) is 0.526. The normalized spacial score (nSPS) is 20.2. The predicted molar refractivity (Wildman–Crippen MR) is 102 cm³/mol. The minimum absolute atomic E-state index is 0.337. The van der Waals surface area contributed by atoms with E-state index in [9.17, 15) is 9.59 Å². The number of carbonyl (C=O) groups excluding carboxylic acids is 2. The summed E-state index contributed by atoms with van der Waals surface area (Å²) in [7, 11) is 0. The van der Waals surface area contributed by atoms with Crippen LogP contribution in [0.3, 0.4) is 0 Å². The second-order valence-electron chi connectivity index (χ2n) is 6.34. The van der Waals surface area contributed by atoms with Crippen LogP contribution in [0.15, 0.2) is 29.3 Å². The van der Waals surface area contributed by atoms with Gasteiger partial charge in [-0.2, -0.15) is 11.8 Å². The van der Waals surface area contributed by atoms with Crippen LogP contribution in [0, 0.1) is 5.92 Å². The number of thioether (sulfide) groups is 1. The van der Waals surface area contributed by atoms with Gasteiger partial charge in [0.1, 0.15) is 12.5 Å². The number of carbonyl (C=O) groups is 2. The summed E-state index contributed by atoms with van der Waals surface area (Å²) in [5.74, 6) is 1.26. The van der Waals surface area contributed by atoms with Gasteiger partial charge in [-0.25, -0.2) is 9.79 Å². The summed E-state index contributed by atoms with van der Waals surface area (Å²) in [5.41, 5.74) is 2.60. The molecule has 0 fully saturated rings. The lowest BCUT2D eigenvalue weighted by molar-refractivity contribution is -0.146. The van der Waals surface area contributed by atoms with Crippen molar-refractivity contribution in [1.82, 2.24) is 5.32 Å². The van der Waals surface area contributed by atoms with Gasteiger partial charge in [-0.05, 0) is 29.7 Å². The first-order chi connectivity index (χ1) is 11.9. The van der Waals surface area contributed by atoms with Crippen molar-refractivity contribution in [3.05, 3.63) is 35.4 Å². The van der Waals surface area contributed by atoms with E-state index in [4.69, 9.17) is 4.74 Å². The van der Waals surface area contributed by atoms with Crippen molar-refractivity contribution in [2.75, 3.05) is 18.1 Å². The van der Waals surface area contributed by atoms with Crippen LogP contribution in [0.2, 0.25) is 0 Å². The fourth-order valence-electron chi connectivity index (χ4n) is 2.83. The first kappa shape index (κ1) is 19.5.